The third-order valence-corrected chi connectivity index (χ3v) is 6.21. The lowest BCUT2D eigenvalue weighted by atomic mass is 9.76. The molecule has 0 aliphatic heterocycles. The monoisotopic (exact) mass is 595 g/mol. The molecule has 0 rings (SSSR count). The lowest BCUT2D eigenvalue weighted by Crippen LogP contribution is -2.38. The third-order valence-electron chi connectivity index (χ3n) is 6.21. The highest BCUT2D eigenvalue weighted by molar-refractivity contribution is 5.79. The molecule has 0 aliphatic carbocycles. The molecule has 228 valence electrons. The number of terminal acetylenes is 1. The second-order valence-corrected chi connectivity index (χ2v) is 10.7. The Balaban J connectivity index is 4.93. The lowest BCUT2D eigenvalue weighted by molar-refractivity contribution is -0.822. The second-order valence-electron chi connectivity index (χ2n) is 10.7. The van der Waals surface area contributed by atoms with Crippen molar-refractivity contribution >= 4 is 17.9 Å². The Hall–Kier alpha value is -5.19. The van der Waals surface area contributed by atoms with Crippen molar-refractivity contribution in [2.45, 2.75) is 40.0 Å². The largest absolute Gasteiger partial charge is 0.481 e. The van der Waals surface area contributed by atoms with Crippen LogP contribution in [-0.4, -0.2) is 86.9 Å². The lowest BCUT2D eigenvalue weighted by Gasteiger charge is -2.30. The maximum absolute atomic E-state index is 12.7. The summed E-state index contributed by atoms with van der Waals surface area (Å²) in [6.45, 7) is 6.39. The number of carboxylic acid groups (broad SMARTS) is 1. The number of carbonyl (C=O) groups excluding carboxylic acids is 2. The van der Waals surface area contributed by atoms with Crippen molar-refractivity contribution in [1.82, 2.24) is 4.90 Å². The van der Waals surface area contributed by atoms with E-state index in [-0.39, 0.29) is 30.5 Å². The van der Waals surface area contributed by atoms with Crippen molar-refractivity contribution in [1.29, 1.82) is 0 Å². The fourth-order valence-corrected chi connectivity index (χ4v) is 3.34. The first-order valence-electron chi connectivity index (χ1n) is 13.8. The first kappa shape index (κ1) is 38.8. The predicted molar refractivity (Wildman–Crippen MR) is 169 cm³/mol. The number of quaternary nitrogens is 1. The Morgan fingerprint density at radius 3 is 1.82 bits per heavy atom. The molecule has 0 spiro atoms. The van der Waals surface area contributed by atoms with Crippen molar-refractivity contribution in [3.05, 3.63) is 0 Å². The van der Waals surface area contributed by atoms with Crippen molar-refractivity contribution < 1.29 is 33.4 Å². The average molecular weight is 596 g/mol. The summed E-state index contributed by atoms with van der Waals surface area (Å²) >= 11 is 0. The van der Waals surface area contributed by atoms with Gasteiger partial charge in [-0.05, 0) is 81.7 Å². The van der Waals surface area contributed by atoms with Crippen LogP contribution in [-0.2, 0) is 23.9 Å². The molecule has 0 aromatic heterocycles. The predicted octanol–water partition coefficient (Wildman–Crippen LogP) is 1.86. The standard InChI is InChI=1S/C36H38N2O6/c1-9-11-12-13-14-15-16-17-18-19-20-21-22-23-25-38(7,8)26-28-43-34(41)31(3)29-32(33(39)40)30-36(4,10-2)35(42)44-27-24-37(5)6/h1,31-32H,10,24,26-30H2,2-8H3/p+1. The zero-order valence-electron chi connectivity index (χ0n) is 26.6. The number of likely N-dealkylation sites (N-methyl/N-ethyl adjacent to an activating group) is 2. The normalized spacial score (nSPS) is 11.9. The Kier molecular flexibility index (Phi) is 19.0. The number of hydrogen-bond acceptors (Lipinski definition) is 6. The van der Waals surface area contributed by atoms with Gasteiger partial charge in [0.25, 0.3) is 0 Å². The van der Waals surface area contributed by atoms with Crippen LogP contribution in [0.15, 0.2) is 0 Å². The van der Waals surface area contributed by atoms with Gasteiger partial charge in [-0.25, -0.2) is 4.48 Å². The average Bonchev–Trinajstić information content (AvgIpc) is 2.96. The minimum Gasteiger partial charge on any atom is -0.481 e. The van der Waals surface area contributed by atoms with Crippen molar-refractivity contribution in [3.8, 4) is 95.4 Å². The van der Waals surface area contributed by atoms with E-state index >= 15 is 0 Å². The molecule has 8 nitrogen and oxygen atoms in total. The summed E-state index contributed by atoms with van der Waals surface area (Å²) < 4.78 is 11.0. The molecule has 0 aromatic carbocycles. The summed E-state index contributed by atoms with van der Waals surface area (Å²) in [5.74, 6) is 31.1. The summed E-state index contributed by atoms with van der Waals surface area (Å²) in [5.41, 5.74) is -0.982. The molecule has 0 saturated heterocycles. The number of carboxylic acids is 1. The van der Waals surface area contributed by atoms with Crippen molar-refractivity contribution in [2.75, 3.05) is 54.5 Å². The summed E-state index contributed by atoms with van der Waals surface area (Å²) in [4.78, 5) is 39.3. The van der Waals surface area contributed by atoms with Gasteiger partial charge in [0.15, 0.2) is 6.04 Å². The quantitative estimate of drug-likeness (QED) is 0.186. The van der Waals surface area contributed by atoms with E-state index < -0.39 is 35.2 Å². The van der Waals surface area contributed by atoms with E-state index in [1.807, 2.05) is 40.0 Å². The topological polar surface area (TPSA) is 93.1 Å². The molecule has 0 saturated carbocycles. The molecule has 1 N–H and O–H groups in total. The molecule has 8 heteroatoms. The van der Waals surface area contributed by atoms with Gasteiger partial charge in [-0.2, -0.15) is 0 Å². The van der Waals surface area contributed by atoms with Crippen LogP contribution >= 0.6 is 0 Å². The fourth-order valence-electron chi connectivity index (χ4n) is 3.34. The van der Waals surface area contributed by atoms with Crippen LogP contribution < -0.4 is 0 Å². The molecule has 0 heterocycles. The van der Waals surface area contributed by atoms with Crippen LogP contribution in [0.3, 0.4) is 0 Å². The Morgan fingerprint density at radius 2 is 1.36 bits per heavy atom. The number of hydrogen-bond donors (Lipinski definition) is 1. The summed E-state index contributed by atoms with van der Waals surface area (Å²) in [7, 11) is 7.39. The third kappa shape index (κ3) is 18.3. The molecular formula is C36H39N2O6+. The van der Waals surface area contributed by atoms with Gasteiger partial charge in [0, 0.05) is 42.1 Å². The van der Waals surface area contributed by atoms with E-state index in [0.717, 1.165) is 0 Å². The second kappa shape index (κ2) is 21.5. The van der Waals surface area contributed by atoms with Gasteiger partial charge in [-0.1, -0.05) is 13.8 Å². The molecule has 0 bridgehead atoms. The first-order valence-corrected chi connectivity index (χ1v) is 13.8. The van der Waals surface area contributed by atoms with Gasteiger partial charge in [0.1, 0.15) is 19.8 Å². The smallest absolute Gasteiger partial charge is 0.311 e. The number of esters is 2. The summed E-state index contributed by atoms with van der Waals surface area (Å²) in [6.07, 6.45) is 5.46. The van der Waals surface area contributed by atoms with E-state index in [1.54, 1.807) is 13.8 Å². The molecule has 3 atom stereocenters. The molecule has 44 heavy (non-hydrogen) atoms. The number of rotatable bonds is 14. The zero-order chi connectivity index (χ0) is 33.4. The van der Waals surface area contributed by atoms with E-state index in [0.29, 0.717) is 19.5 Å². The van der Waals surface area contributed by atoms with Gasteiger partial charge >= 0.3 is 17.9 Å². The van der Waals surface area contributed by atoms with Crippen LogP contribution in [0.1, 0.15) is 40.0 Å². The molecule has 0 aromatic rings. The molecule has 0 amide bonds. The summed E-state index contributed by atoms with van der Waals surface area (Å²) in [6, 6.07) is 2.95. The SMILES string of the molecule is C#CC#CC#CC#CC#CC#CC#CC#C[N+](C)(C)CCOC(=O)C(C)CC(CC(C)(CC)C(=O)OCCN(C)C)C(=O)O. The van der Waals surface area contributed by atoms with Gasteiger partial charge in [-0.3, -0.25) is 14.4 Å². The van der Waals surface area contributed by atoms with Crippen LogP contribution in [0.5, 0.6) is 0 Å². The van der Waals surface area contributed by atoms with Crippen molar-refractivity contribution in [2.24, 2.45) is 17.3 Å². The number of carbonyl (C=O) groups is 3. The maximum Gasteiger partial charge on any atom is 0.311 e. The van der Waals surface area contributed by atoms with Gasteiger partial charge in [0.2, 0.25) is 0 Å². The van der Waals surface area contributed by atoms with Gasteiger partial charge < -0.3 is 19.5 Å². The first-order chi connectivity index (χ1) is 20.8. The fraction of sp³-hybridized carbons (Fsp3) is 0.472. The zero-order valence-corrected chi connectivity index (χ0v) is 26.6. The van der Waals surface area contributed by atoms with Crippen LogP contribution in [0.25, 0.3) is 0 Å². The Morgan fingerprint density at radius 1 is 0.864 bits per heavy atom. The molecule has 0 fully saturated rings. The van der Waals surface area contributed by atoms with Crippen LogP contribution in [0, 0.1) is 113 Å². The van der Waals surface area contributed by atoms with Gasteiger partial charge in [0.05, 0.1) is 37.3 Å². The molecule has 3 unspecified atom stereocenters. The van der Waals surface area contributed by atoms with E-state index in [9.17, 15) is 19.5 Å². The van der Waals surface area contributed by atoms with Gasteiger partial charge in [-0.15, -0.1) is 6.42 Å². The maximum atomic E-state index is 12.7. The van der Waals surface area contributed by atoms with E-state index in [1.165, 1.54) is 0 Å². The molecule has 0 radical (unpaired) electrons. The van der Waals surface area contributed by atoms with E-state index in [4.69, 9.17) is 15.9 Å². The van der Waals surface area contributed by atoms with Crippen LogP contribution in [0.2, 0.25) is 0 Å². The molecular weight excluding hydrogens is 556 g/mol. The van der Waals surface area contributed by atoms with E-state index in [2.05, 4.69) is 88.9 Å². The highest BCUT2D eigenvalue weighted by atomic mass is 16.5. The van der Waals surface area contributed by atoms with Crippen molar-refractivity contribution in [3.63, 3.8) is 0 Å². The highest BCUT2D eigenvalue weighted by Crippen LogP contribution is 2.34. The van der Waals surface area contributed by atoms with Crippen LogP contribution in [0.4, 0.5) is 0 Å². The summed E-state index contributed by atoms with van der Waals surface area (Å²) in [5, 5.41) is 9.83. The molecule has 0 aliphatic rings. The Labute approximate surface area is 263 Å². The Bertz CT molecular complexity index is 1520. The minimum atomic E-state index is -1.07. The number of aliphatic carboxylic acids is 1. The number of ether oxygens (including phenoxy) is 2. The highest BCUT2D eigenvalue weighted by Gasteiger charge is 2.39. The number of nitrogens with zero attached hydrogens (tertiary/aromatic N) is 2. The minimum absolute atomic E-state index is 0.0385.